The molecule has 0 saturated carbocycles. The van der Waals surface area contributed by atoms with Crippen LogP contribution in [0.15, 0.2) is 168 Å². The van der Waals surface area contributed by atoms with E-state index >= 15 is 0 Å². The zero-order valence-corrected chi connectivity index (χ0v) is 23.9. The van der Waals surface area contributed by atoms with Gasteiger partial charge in [-0.2, -0.15) is 0 Å². The van der Waals surface area contributed by atoms with Crippen molar-refractivity contribution >= 4 is 71.3 Å². The van der Waals surface area contributed by atoms with Gasteiger partial charge in [0, 0.05) is 27.8 Å². The lowest BCUT2D eigenvalue weighted by Crippen LogP contribution is -2.09. The molecule has 0 saturated heterocycles. The van der Waals surface area contributed by atoms with Gasteiger partial charge in [-0.3, -0.25) is 0 Å². The molecule has 2 nitrogen and oxygen atoms in total. The third kappa shape index (κ3) is 4.04. The first-order valence-corrected chi connectivity index (χ1v) is 15.0. The minimum atomic E-state index is 0.892. The predicted octanol–water partition coefficient (Wildman–Crippen LogP) is 12.2. The lowest BCUT2D eigenvalue weighted by molar-refractivity contribution is 0.669. The average Bonchev–Trinajstić information content (AvgIpc) is 3.44. The zero-order chi connectivity index (χ0) is 29.0. The Morgan fingerprint density at radius 3 is 1.66 bits per heavy atom. The first-order valence-electron chi connectivity index (χ1n) is 15.0. The monoisotopic (exact) mass is 561 g/mol. The van der Waals surface area contributed by atoms with Gasteiger partial charge in [0.05, 0.1) is 0 Å². The van der Waals surface area contributed by atoms with Crippen LogP contribution in [0.2, 0.25) is 0 Å². The summed E-state index contributed by atoms with van der Waals surface area (Å²) in [4.78, 5) is 2.36. The molecule has 0 radical (unpaired) electrons. The van der Waals surface area contributed by atoms with Gasteiger partial charge in [-0.15, -0.1) is 0 Å². The minimum absolute atomic E-state index is 0.892. The van der Waals surface area contributed by atoms with E-state index in [1.807, 2.05) is 0 Å². The Labute approximate surface area is 255 Å². The molecule has 0 bridgehead atoms. The van der Waals surface area contributed by atoms with Crippen molar-refractivity contribution in [1.29, 1.82) is 0 Å². The van der Waals surface area contributed by atoms with Crippen LogP contribution in [0.4, 0.5) is 17.1 Å². The van der Waals surface area contributed by atoms with Crippen molar-refractivity contribution in [2.45, 2.75) is 0 Å². The minimum Gasteiger partial charge on any atom is -0.456 e. The van der Waals surface area contributed by atoms with Gasteiger partial charge in [0.25, 0.3) is 0 Å². The maximum Gasteiger partial charge on any atom is 0.136 e. The van der Waals surface area contributed by atoms with Gasteiger partial charge in [0.15, 0.2) is 0 Å². The molecular formula is C42H27NO. The molecule has 2 heteroatoms. The van der Waals surface area contributed by atoms with Crippen LogP contribution in [-0.2, 0) is 0 Å². The summed E-state index contributed by atoms with van der Waals surface area (Å²) in [5.41, 5.74) is 7.50. The van der Waals surface area contributed by atoms with E-state index in [9.17, 15) is 0 Å². The van der Waals surface area contributed by atoms with Gasteiger partial charge < -0.3 is 9.32 Å². The third-order valence-electron chi connectivity index (χ3n) is 8.80. The van der Waals surface area contributed by atoms with E-state index in [4.69, 9.17) is 4.42 Å². The maximum atomic E-state index is 6.36. The molecule has 0 unspecified atom stereocenters. The molecule has 44 heavy (non-hydrogen) atoms. The fourth-order valence-electron chi connectivity index (χ4n) is 6.60. The van der Waals surface area contributed by atoms with Crippen LogP contribution in [0.25, 0.3) is 65.4 Å². The zero-order valence-electron chi connectivity index (χ0n) is 23.9. The number of nitrogens with zero attached hydrogens (tertiary/aromatic N) is 1. The van der Waals surface area contributed by atoms with E-state index < -0.39 is 0 Å². The van der Waals surface area contributed by atoms with Gasteiger partial charge in [0.2, 0.25) is 0 Å². The molecule has 0 spiro atoms. The third-order valence-corrected chi connectivity index (χ3v) is 8.80. The second kappa shape index (κ2) is 9.86. The van der Waals surface area contributed by atoms with Crippen molar-refractivity contribution in [2.75, 3.05) is 4.90 Å². The van der Waals surface area contributed by atoms with Crippen molar-refractivity contribution in [3.8, 4) is 11.1 Å². The number of furan rings is 1. The van der Waals surface area contributed by atoms with Gasteiger partial charge in [-0.05, 0) is 98.0 Å². The molecular weight excluding hydrogens is 534 g/mol. The van der Waals surface area contributed by atoms with Crippen LogP contribution < -0.4 is 4.90 Å². The fraction of sp³-hybridized carbons (Fsp3) is 0. The van der Waals surface area contributed by atoms with Crippen LogP contribution >= 0.6 is 0 Å². The van der Waals surface area contributed by atoms with Crippen LogP contribution in [0, 0.1) is 0 Å². The Hall–Kier alpha value is -5.86. The van der Waals surface area contributed by atoms with E-state index in [0.29, 0.717) is 0 Å². The highest BCUT2D eigenvalue weighted by molar-refractivity contribution is 6.12. The summed E-state index contributed by atoms with van der Waals surface area (Å²) in [6.07, 6.45) is 0. The van der Waals surface area contributed by atoms with E-state index in [1.54, 1.807) is 0 Å². The van der Waals surface area contributed by atoms with Crippen LogP contribution in [0.5, 0.6) is 0 Å². The first-order chi connectivity index (χ1) is 21.8. The molecule has 0 amide bonds. The summed E-state index contributed by atoms with van der Waals surface area (Å²) in [6.45, 7) is 0. The molecule has 0 fully saturated rings. The maximum absolute atomic E-state index is 6.36. The smallest absolute Gasteiger partial charge is 0.136 e. The normalized spacial score (nSPS) is 11.6. The standard InChI is InChI=1S/C42H27NO/c1-2-8-28(9-3-1)29-16-19-34(20-17-29)43(35-21-18-31-15-14-30-10-6-7-13-37(30)38(31)26-35)36-22-23-41-40(27-36)39-24-32-11-4-5-12-33(32)25-42(39)44-41/h1-27H. The molecule has 0 atom stereocenters. The van der Waals surface area contributed by atoms with Crippen LogP contribution in [0.1, 0.15) is 0 Å². The average molecular weight is 562 g/mol. The number of hydrogen-bond acceptors (Lipinski definition) is 2. The predicted molar refractivity (Wildman–Crippen MR) is 186 cm³/mol. The number of anilines is 3. The molecule has 206 valence electrons. The summed E-state index contributed by atoms with van der Waals surface area (Å²) < 4.78 is 6.36. The van der Waals surface area contributed by atoms with E-state index in [2.05, 4.69) is 169 Å². The molecule has 0 N–H and O–H groups in total. The Bertz CT molecular complexity index is 2490. The SMILES string of the molecule is c1ccc(-c2ccc(N(c3ccc4ccc5ccccc5c4c3)c3ccc4oc5cc6ccccc6cc5c4c3)cc2)cc1. The van der Waals surface area contributed by atoms with Crippen molar-refractivity contribution in [2.24, 2.45) is 0 Å². The lowest BCUT2D eigenvalue weighted by atomic mass is 10.0. The van der Waals surface area contributed by atoms with Gasteiger partial charge >= 0.3 is 0 Å². The number of benzene rings is 8. The molecule has 0 aliphatic carbocycles. The van der Waals surface area contributed by atoms with Crippen molar-refractivity contribution < 1.29 is 4.42 Å². The molecule has 9 rings (SSSR count). The lowest BCUT2D eigenvalue weighted by Gasteiger charge is -2.26. The fourth-order valence-corrected chi connectivity index (χ4v) is 6.60. The highest BCUT2D eigenvalue weighted by Gasteiger charge is 2.17. The summed E-state index contributed by atoms with van der Waals surface area (Å²) >= 11 is 0. The first kappa shape index (κ1) is 24.7. The summed E-state index contributed by atoms with van der Waals surface area (Å²) in [5.74, 6) is 0. The molecule has 9 aromatic rings. The van der Waals surface area contributed by atoms with Crippen molar-refractivity contribution in [1.82, 2.24) is 0 Å². The Balaban J connectivity index is 1.26. The van der Waals surface area contributed by atoms with Crippen molar-refractivity contribution in [3.63, 3.8) is 0 Å². The molecule has 1 heterocycles. The molecule has 0 aliphatic rings. The van der Waals surface area contributed by atoms with E-state index in [0.717, 1.165) is 39.0 Å². The summed E-state index contributed by atoms with van der Waals surface area (Å²) in [6, 6.07) is 58.7. The second-order valence-corrected chi connectivity index (χ2v) is 11.4. The van der Waals surface area contributed by atoms with E-state index in [1.165, 1.54) is 43.4 Å². The molecule has 8 aromatic carbocycles. The van der Waals surface area contributed by atoms with Gasteiger partial charge in [0.1, 0.15) is 11.2 Å². The largest absolute Gasteiger partial charge is 0.456 e. The quantitative estimate of drug-likeness (QED) is 0.199. The number of hydrogen-bond donors (Lipinski definition) is 0. The highest BCUT2D eigenvalue weighted by Crippen LogP contribution is 2.41. The highest BCUT2D eigenvalue weighted by atomic mass is 16.3. The summed E-state index contributed by atoms with van der Waals surface area (Å²) in [5, 5.41) is 9.61. The van der Waals surface area contributed by atoms with Crippen LogP contribution in [-0.4, -0.2) is 0 Å². The Morgan fingerprint density at radius 1 is 0.318 bits per heavy atom. The number of fused-ring (bicyclic) bond motifs is 7. The Kier molecular flexibility index (Phi) is 5.54. The molecule has 0 aliphatic heterocycles. The summed E-state index contributed by atoms with van der Waals surface area (Å²) in [7, 11) is 0. The van der Waals surface area contributed by atoms with Gasteiger partial charge in [-0.25, -0.2) is 0 Å². The molecule has 1 aromatic heterocycles. The topological polar surface area (TPSA) is 16.4 Å². The Morgan fingerprint density at radius 2 is 0.864 bits per heavy atom. The van der Waals surface area contributed by atoms with Gasteiger partial charge in [-0.1, -0.05) is 109 Å². The second-order valence-electron chi connectivity index (χ2n) is 11.4. The van der Waals surface area contributed by atoms with E-state index in [-0.39, 0.29) is 0 Å². The number of rotatable bonds is 4. The van der Waals surface area contributed by atoms with Crippen molar-refractivity contribution in [3.05, 3.63) is 164 Å². The van der Waals surface area contributed by atoms with Crippen LogP contribution in [0.3, 0.4) is 0 Å².